The highest BCUT2D eigenvalue weighted by Crippen LogP contribution is 2.62. The van der Waals surface area contributed by atoms with Crippen molar-refractivity contribution in [3.8, 4) is 39.1 Å². The second-order valence-electron chi connectivity index (χ2n) is 15.6. The minimum absolute atomic E-state index is 0.406. The van der Waals surface area contributed by atoms with Crippen LogP contribution in [0.4, 0.5) is 0 Å². The van der Waals surface area contributed by atoms with E-state index in [2.05, 4.69) is 205 Å². The third-order valence-electron chi connectivity index (χ3n) is 12.7. The van der Waals surface area contributed by atoms with Gasteiger partial charge >= 0.3 is 0 Å². The van der Waals surface area contributed by atoms with Gasteiger partial charge in [-0.25, -0.2) is 0 Å². The Labute approximate surface area is 344 Å². The van der Waals surface area contributed by atoms with Crippen molar-refractivity contribution in [1.29, 1.82) is 0 Å². The van der Waals surface area contributed by atoms with Gasteiger partial charge in [0.25, 0.3) is 0 Å². The van der Waals surface area contributed by atoms with Gasteiger partial charge in [0.05, 0.1) is 16.4 Å². The van der Waals surface area contributed by atoms with E-state index in [0.717, 1.165) is 5.69 Å². The van der Waals surface area contributed by atoms with Crippen molar-refractivity contribution >= 4 is 65.1 Å². The molecule has 0 saturated carbocycles. The summed E-state index contributed by atoms with van der Waals surface area (Å²) in [6.07, 6.45) is 0. The number of hydrogen-bond donors (Lipinski definition) is 0. The van der Waals surface area contributed by atoms with E-state index in [1.807, 2.05) is 23.1 Å². The Morgan fingerprint density at radius 1 is 0.362 bits per heavy atom. The molecular formula is C55H33NS2. The number of hydrogen-bond acceptors (Lipinski definition) is 2. The average molecular weight is 772 g/mol. The van der Waals surface area contributed by atoms with E-state index in [4.69, 9.17) is 0 Å². The molecule has 270 valence electrons. The summed E-state index contributed by atoms with van der Waals surface area (Å²) in [6, 6.07) is 75.0. The van der Waals surface area contributed by atoms with Crippen molar-refractivity contribution in [2.45, 2.75) is 15.2 Å². The van der Waals surface area contributed by atoms with Crippen LogP contribution in [0.3, 0.4) is 0 Å². The number of rotatable bonds is 3. The number of thiophene rings is 1. The maximum atomic E-state index is 2.50. The molecule has 0 saturated heterocycles. The normalized spacial score (nSPS) is 13.6. The summed E-state index contributed by atoms with van der Waals surface area (Å²) in [6.45, 7) is 0. The Morgan fingerprint density at radius 2 is 0.931 bits per heavy atom. The predicted molar refractivity (Wildman–Crippen MR) is 246 cm³/mol. The lowest BCUT2D eigenvalue weighted by molar-refractivity contribution is 0.722. The van der Waals surface area contributed by atoms with Crippen LogP contribution < -0.4 is 0 Å². The highest BCUT2D eigenvalue weighted by molar-refractivity contribution is 7.99. The van der Waals surface area contributed by atoms with Crippen molar-refractivity contribution in [3.63, 3.8) is 0 Å². The van der Waals surface area contributed by atoms with Crippen molar-refractivity contribution in [1.82, 2.24) is 4.57 Å². The Balaban J connectivity index is 1.04. The summed E-state index contributed by atoms with van der Waals surface area (Å²) >= 11 is 3.79. The first kappa shape index (κ1) is 32.4. The fourth-order valence-electron chi connectivity index (χ4n) is 10.2. The van der Waals surface area contributed by atoms with Gasteiger partial charge in [0, 0.05) is 46.4 Å². The van der Waals surface area contributed by atoms with Gasteiger partial charge in [0.2, 0.25) is 0 Å². The van der Waals surface area contributed by atoms with Crippen LogP contribution in [0.25, 0.3) is 81.0 Å². The minimum atomic E-state index is -0.406. The smallest absolute Gasteiger partial charge is 0.0735 e. The number of nitrogens with zero attached hydrogens (tertiary/aromatic N) is 1. The molecule has 0 atom stereocenters. The fraction of sp³-hybridized carbons (Fsp3) is 0.0182. The van der Waals surface area contributed by atoms with Gasteiger partial charge in [-0.2, -0.15) is 0 Å². The molecule has 13 rings (SSSR count). The summed E-state index contributed by atoms with van der Waals surface area (Å²) in [5, 5.41) is 5.17. The average Bonchev–Trinajstić information content (AvgIpc) is 3.93. The standard InChI is InChI=1S/C55H33NS2/c1-2-13-37(14-3-1)56-49-32-35(26-29-41(49)42-30-27-36(33-50(42)56)38-17-12-18-44-43-16-5-9-22-51(43)58-54(38)44)34-25-28-40-39-15-4-6-19-45(39)55(48(40)31-34)46-20-7-10-23-52(46)57-53-24-11-8-21-47(53)55/h1-33H. The number of para-hydroxylation sites is 1. The summed E-state index contributed by atoms with van der Waals surface area (Å²) in [5.74, 6) is 0. The van der Waals surface area contributed by atoms with Crippen LogP contribution in [0.2, 0.25) is 0 Å². The van der Waals surface area contributed by atoms with Gasteiger partial charge in [-0.05, 0) is 104 Å². The zero-order chi connectivity index (χ0) is 38.0. The van der Waals surface area contributed by atoms with Crippen molar-refractivity contribution in [2.75, 3.05) is 0 Å². The highest BCUT2D eigenvalue weighted by Gasteiger charge is 2.50. The van der Waals surface area contributed by atoms with Crippen LogP contribution in [0.15, 0.2) is 210 Å². The topological polar surface area (TPSA) is 4.93 Å². The lowest BCUT2D eigenvalue weighted by Crippen LogP contribution is -2.31. The van der Waals surface area contributed by atoms with E-state index in [1.165, 1.54) is 107 Å². The van der Waals surface area contributed by atoms with Crippen molar-refractivity contribution in [2.24, 2.45) is 0 Å². The summed E-state index contributed by atoms with van der Waals surface area (Å²) in [5.41, 5.74) is 16.2. The second kappa shape index (κ2) is 12.2. The zero-order valence-corrected chi connectivity index (χ0v) is 32.9. The van der Waals surface area contributed by atoms with Crippen LogP contribution in [0, 0.1) is 0 Å². The van der Waals surface area contributed by atoms with Crippen LogP contribution in [0.1, 0.15) is 22.3 Å². The van der Waals surface area contributed by atoms with Gasteiger partial charge in [0.1, 0.15) is 0 Å². The molecule has 9 aromatic carbocycles. The molecule has 1 spiro atoms. The third-order valence-corrected chi connectivity index (χ3v) is 15.0. The summed E-state index contributed by atoms with van der Waals surface area (Å²) in [7, 11) is 0. The first-order valence-corrected chi connectivity index (χ1v) is 21.5. The molecule has 2 aromatic heterocycles. The molecule has 2 aliphatic rings. The van der Waals surface area contributed by atoms with E-state index in [1.54, 1.807) is 0 Å². The molecule has 1 aliphatic carbocycles. The van der Waals surface area contributed by atoms with Gasteiger partial charge in [-0.1, -0.05) is 163 Å². The molecule has 1 aliphatic heterocycles. The maximum Gasteiger partial charge on any atom is 0.0735 e. The molecule has 0 fully saturated rings. The molecule has 0 bridgehead atoms. The van der Waals surface area contributed by atoms with Crippen LogP contribution in [-0.2, 0) is 5.41 Å². The van der Waals surface area contributed by atoms with Gasteiger partial charge in [-0.15, -0.1) is 11.3 Å². The van der Waals surface area contributed by atoms with Crippen LogP contribution in [0.5, 0.6) is 0 Å². The van der Waals surface area contributed by atoms with E-state index < -0.39 is 5.41 Å². The molecule has 3 heteroatoms. The lowest BCUT2D eigenvalue weighted by Gasteiger charge is -2.39. The number of aromatic nitrogens is 1. The van der Waals surface area contributed by atoms with E-state index >= 15 is 0 Å². The Bertz CT molecular complexity index is 3450. The number of fused-ring (bicyclic) bond motifs is 15. The van der Waals surface area contributed by atoms with E-state index in [0.29, 0.717) is 0 Å². The zero-order valence-electron chi connectivity index (χ0n) is 31.3. The van der Waals surface area contributed by atoms with Gasteiger partial charge in [-0.3, -0.25) is 0 Å². The molecule has 0 unspecified atom stereocenters. The Morgan fingerprint density at radius 3 is 1.72 bits per heavy atom. The lowest BCUT2D eigenvalue weighted by atomic mass is 9.67. The molecule has 0 amide bonds. The van der Waals surface area contributed by atoms with Gasteiger partial charge in [0.15, 0.2) is 0 Å². The molecule has 1 nitrogen and oxygen atoms in total. The van der Waals surface area contributed by atoms with Crippen molar-refractivity contribution in [3.05, 3.63) is 222 Å². The maximum absolute atomic E-state index is 2.50. The van der Waals surface area contributed by atoms with Crippen molar-refractivity contribution < 1.29 is 0 Å². The first-order chi connectivity index (χ1) is 28.8. The Hall–Kier alpha value is -6.65. The molecular weight excluding hydrogens is 739 g/mol. The second-order valence-corrected chi connectivity index (χ2v) is 17.7. The van der Waals surface area contributed by atoms with Crippen LogP contribution >= 0.6 is 23.1 Å². The molecule has 0 radical (unpaired) electrons. The highest BCUT2D eigenvalue weighted by atomic mass is 32.2. The van der Waals surface area contributed by atoms with Crippen LogP contribution in [-0.4, -0.2) is 4.57 Å². The van der Waals surface area contributed by atoms with Gasteiger partial charge < -0.3 is 4.57 Å². The first-order valence-electron chi connectivity index (χ1n) is 19.9. The largest absolute Gasteiger partial charge is 0.309 e. The third kappa shape index (κ3) is 4.38. The van der Waals surface area contributed by atoms with E-state index in [9.17, 15) is 0 Å². The minimum Gasteiger partial charge on any atom is -0.309 e. The predicted octanol–water partition coefficient (Wildman–Crippen LogP) is 15.3. The van der Waals surface area contributed by atoms with E-state index in [-0.39, 0.29) is 0 Å². The molecule has 58 heavy (non-hydrogen) atoms. The fourth-order valence-corrected chi connectivity index (χ4v) is 12.7. The molecule has 0 N–H and O–H groups in total. The molecule has 11 aromatic rings. The SMILES string of the molecule is c1ccc(-n2c3cc(-c4ccc5c(c4)C4(c6ccccc6Sc6ccccc64)c4ccccc4-5)ccc3c3ccc(-c4cccc5c4sc4ccccc45)cc32)cc1. The Kier molecular flexibility index (Phi) is 6.81. The quantitative estimate of drug-likeness (QED) is 0.173. The monoisotopic (exact) mass is 771 g/mol. The summed E-state index contributed by atoms with van der Waals surface area (Å²) < 4.78 is 5.14. The molecule has 3 heterocycles. The number of benzene rings is 9. The summed E-state index contributed by atoms with van der Waals surface area (Å²) in [4.78, 5) is 2.65.